The summed E-state index contributed by atoms with van der Waals surface area (Å²) in [6.45, 7) is 10.7. The van der Waals surface area contributed by atoms with Crippen LogP contribution in [0.1, 0.15) is 70.5 Å². The molecular formula is C25H32O7. The summed E-state index contributed by atoms with van der Waals surface area (Å²) in [5, 5.41) is 10.3. The third kappa shape index (κ3) is 4.12. The molecule has 0 aromatic carbocycles. The van der Waals surface area contributed by atoms with Gasteiger partial charge in [0.15, 0.2) is 0 Å². The van der Waals surface area contributed by atoms with Crippen LogP contribution in [0.15, 0.2) is 34.0 Å². The number of allylic oxidation sites excluding steroid dienone is 2. The Hall–Kier alpha value is -2.83. The van der Waals surface area contributed by atoms with Crippen LogP contribution in [0.3, 0.4) is 0 Å². The van der Waals surface area contributed by atoms with Gasteiger partial charge in [-0.3, -0.25) is 4.79 Å². The molecule has 3 rings (SSSR count). The zero-order valence-electron chi connectivity index (χ0n) is 19.6. The average molecular weight is 445 g/mol. The largest absolute Gasteiger partial charge is 0.481 e. The Kier molecular flexibility index (Phi) is 6.67. The topological polar surface area (TPSA) is 103 Å². The number of carbonyl (C=O) groups excluding carboxylic acids is 2. The summed E-state index contributed by atoms with van der Waals surface area (Å²) < 4.78 is 17.4. The summed E-state index contributed by atoms with van der Waals surface area (Å²) in [4.78, 5) is 37.8. The van der Waals surface area contributed by atoms with E-state index in [9.17, 15) is 19.5 Å². The molecule has 0 amide bonds. The summed E-state index contributed by atoms with van der Waals surface area (Å²) in [6.07, 6.45) is 4.60. The van der Waals surface area contributed by atoms with Gasteiger partial charge in [-0.05, 0) is 58.9 Å². The van der Waals surface area contributed by atoms with E-state index in [0.717, 1.165) is 22.5 Å². The summed E-state index contributed by atoms with van der Waals surface area (Å²) >= 11 is 0. The van der Waals surface area contributed by atoms with Gasteiger partial charge in [0, 0.05) is 29.0 Å². The van der Waals surface area contributed by atoms with Crippen molar-refractivity contribution in [2.45, 2.75) is 73.0 Å². The van der Waals surface area contributed by atoms with E-state index in [1.54, 1.807) is 40.0 Å². The lowest BCUT2D eigenvalue weighted by Gasteiger charge is -2.53. The van der Waals surface area contributed by atoms with Gasteiger partial charge in [0.25, 0.3) is 0 Å². The summed E-state index contributed by atoms with van der Waals surface area (Å²) in [5.74, 6) is -2.55. The maximum absolute atomic E-state index is 12.7. The fraction of sp³-hybridized carbons (Fsp3) is 0.560. The van der Waals surface area contributed by atoms with Crippen molar-refractivity contribution in [3.8, 4) is 0 Å². The first-order valence-electron chi connectivity index (χ1n) is 11.0. The third-order valence-corrected chi connectivity index (χ3v) is 7.00. The lowest BCUT2D eigenvalue weighted by molar-refractivity contribution is -0.196. The normalized spacial score (nSPS) is 29.4. The standard InChI is InChI=1S/C25H32O7/c1-7-14(4)24(29)31-17-9-8-16-11-18-20(15(5)12-30-18)22(32-19(26)10-13(2)3)25(16,6)21(17)23(27)28/h7,10,12,16-17,21-22H,8-9,11H2,1-6H3,(H,27,28)/t16-,17+,21-,22-,25+/m1/s1. The van der Waals surface area contributed by atoms with Crippen LogP contribution < -0.4 is 0 Å². The van der Waals surface area contributed by atoms with Gasteiger partial charge < -0.3 is 19.0 Å². The van der Waals surface area contributed by atoms with Crippen molar-refractivity contribution in [3.63, 3.8) is 0 Å². The molecule has 0 saturated heterocycles. The number of esters is 2. The fourth-order valence-corrected chi connectivity index (χ4v) is 5.22. The zero-order chi connectivity index (χ0) is 23.8. The van der Waals surface area contributed by atoms with Crippen molar-refractivity contribution in [2.24, 2.45) is 17.3 Å². The molecule has 1 aromatic heterocycles. The van der Waals surface area contributed by atoms with Crippen molar-refractivity contribution < 1.29 is 33.4 Å². The molecule has 1 fully saturated rings. The molecule has 5 atom stereocenters. The van der Waals surface area contributed by atoms with Crippen LogP contribution in [0.25, 0.3) is 0 Å². The molecule has 1 heterocycles. The molecule has 1 aromatic rings. The zero-order valence-corrected chi connectivity index (χ0v) is 19.6. The summed E-state index contributed by atoms with van der Waals surface area (Å²) in [5.41, 5.74) is 1.75. The Morgan fingerprint density at radius 2 is 1.88 bits per heavy atom. The minimum absolute atomic E-state index is 0.107. The fourth-order valence-electron chi connectivity index (χ4n) is 5.22. The van der Waals surface area contributed by atoms with Gasteiger partial charge in [-0.25, -0.2) is 9.59 Å². The quantitative estimate of drug-likeness (QED) is 0.519. The van der Waals surface area contributed by atoms with E-state index in [-0.39, 0.29) is 5.92 Å². The predicted molar refractivity (Wildman–Crippen MR) is 117 cm³/mol. The van der Waals surface area contributed by atoms with E-state index >= 15 is 0 Å². The summed E-state index contributed by atoms with van der Waals surface area (Å²) in [7, 11) is 0. The molecule has 174 valence electrons. The van der Waals surface area contributed by atoms with Gasteiger partial charge in [0.05, 0.1) is 6.26 Å². The monoisotopic (exact) mass is 444 g/mol. The highest BCUT2D eigenvalue weighted by atomic mass is 16.6. The van der Waals surface area contributed by atoms with Gasteiger partial charge in [0.1, 0.15) is 23.9 Å². The van der Waals surface area contributed by atoms with E-state index in [2.05, 4.69) is 0 Å². The maximum atomic E-state index is 12.7. The molecule has 32 heavy (non-hydrogen) atoms. The van der Waals surface area contributed by atoms with Crippen LogP contribution in [0, 0.1) is 24.2 Å². The number of hydrogen-bond acceptors (Lipinski definition) is 6. The van der Waals surface area contributed by atoms with E-state index < -0.39 is 41.4 Å². The Morgan fingerprint density at radius 1 is 1.19 bits per heavy atom. The van der Waals surface area contributed by atoms with Crippen LogP contribution >= 0.6 is 0 Å². The van der Waals surface area contributed by atoms with E-state index in [0.29, 0.717) is 24.8 Å². The molecular weight excluding hydrogens is 412 g/mol. The minimum atomic E-state index is -1.07. The SMILES string of the molecule is CC=C(C)C(=O)O[C@H]1CC[C@@H]2Cc3occ(C)c3[C@@H](OC(=O)C=C(C)C)[C@]2(C)[C@H]1C(=O)O. The minimum Gasteiger partial charge on any atom is -0.481 e. The van der Waals surface area contributed by atoms with Crippen molar-refractivity contribution in [3.05, 3.63) is 46.4 Å². The van der Waals surface area contributed by atoms with Crippen LogP contribution in [0.5, 0.6) is 0 Å². The van der Waals surface area contributed by atoms with Crippen molar-refractivity contribution in [1.82, 2.24) is 0 Å². The van der Waals surface area contributed by atoms with Gasteiger partial charge in [-0.2, -0.15) is 0 Å². The van der Waals surface area contributed by atoms with Crippen molar-refractivity contribution in [2.75, 3.05) is 0 Å². The molecule has 1 N–H and O–H groups in total. The van der Waals surface area contributed by atoms with Gasteiger partial charge in [0.2, 0.25) is 0 Å². The number of hydrogen-bond donors (Lipinski definition) is 1. The first-order chi connectivity index (χ1) is 15.0. The number of ether oxygens (including phenoxy) is 2. The first-order valence-corrected chi connectivity index (χ1v) is 11.0. The van der Waals surface area contributed by atoms with E-state index in [1.807, 2.05) is 13.8 Å². The Morgan fingerprint density at radius 3 is 2.47 bits per heavy atom. The van der Waals surface area contributed by atoms with Crippen LogP contribution in [-0.4, -0.2) is 29.1 Å². The van der Waals surface area contributed by atoms with E-state index in [1.165, 1.54) is 6.08 Å². The molecule has 1 saturated carbocycles. The molecule has 0 spiro atoms. The van der Waals surface area contributed by atoms with Crippen LogP contribution in [-0.2, 0) is 30.3 Å². The lowest BCUT2D eigenvalue weighted by Crippen LogP contribution is -2.56. The first kappa shape index (κ1) is 23.8. The van der Waals surface area contributed by atoms with E-state index in [4.69, 9.17) is 13.9 Å². The highest BCUT2D eigenvalue weighted by Crippen LogP contribution is 2.60. The van der Waals surface area contributed by atoms with Crippen molar-refractivity contribution >= 4 is 17.9 Å². The van der Waals surface area contributed by atoms with Crippen LogP contribution in [0.2, 0.25) is 0 Å². The Bertz CT molecular complexity index is 978. The number of carbonyl (C=O) groups is 3. The van der Waals surface area contributed by atoms with Gasteiger partial charge in [-0.1, -0.05) is 18.6 Å². The lowest BCUT2D eigenvalue weighted by atomic mass is 9.53. The molecule has 0 bridgehead atoms. The number of carboxylic acid groups (broad SMARTS) is 1. The molecule has 0 unspecified atom stereocenters. The second kappa shape index (κ2) is 8.96. The predicted octanol–water partition coefficient (Wildman–Crippen LogP) is 4.69. The number of carboxylic acids is 1. The molecule has 0 aliphatic heterocycles. The molecule has 7 heteroatoms. The second-order valence-corrected chi connectivity index (χ2v) is 9.37. The number of furan rings is 1. The highest BCUT2D eigenvalue weighted by molar-refractivity contribution is 5.88. The highest BCUT2D eigenvalue weighted by Gasteiger charge is 2.61. The average Bonchev–Trinajstić information content (AvgIpc) is 3.06. The second-order valence-electron chi connectivity index (χ2n) is 9.37. The Labute approximate surface area is 188 Å². The molecule has 0 radical (unpaired) electrons. The van der Waals surface area contributed by atoms with Crippen molar-refractivity contribution in [1.29, 1.82) is 0 Å². The number of aliphatic carboxylic acids is 1. The Balaban J connectivity index is 2.09. The third-order valence-electron chi connectivity index (χ3n) is 7.00. The number of rotatable bonds is 5. The summed E-state index contributed by atoms with van der Waals surface area (Å²) in [6, 6.07) is 0. The smallest absolute Gasteiger partial charge is 0.333 e. The van der Waals surface area contributed by atoms with Gasteiger partial charge in [-0.15, -0.1) is 0 Å². The number of fused-ring (bicyclic) bond motifs is 2. The molecule has 2 aliphatic rings. The van der Waals surface area contributed by atoms with Crippen LogP contribution in [0.4, 0.5) is 0 Å². The maximum Gasteiger partial charge on any atom is 0.333 e. The van der Waals surface area contributed by atoms with Gasteiger partial charge >= 0.3 is 17.9 Å². The number of aryl methyl sites for hydroxylation is 1. The molecule has 7 nitrogen and oxygen atoms in total. The molecule has 2 aliphatic carbocycles.